The summed E-state index contributed by atoms with van der Waals surface area (Å²) in [4.78, 5) is 7.70. The Morgan fingerprint density at radius 3 is 2.51 bits per heavy atom. The van der Waals surface area contributed by atoms with E-state index >= 15 is 0 Å². The maximum Gasteiger partial charge on any atom is 0.403 e. The number of aryl methyl sites for hydroxylation is 1. The van der Waals surface area contributed by atoms with Crippen molar-refractivity contribution in [3.8, 4) is 5.69 Å². The van der Waals surface area contributed by atoms with E-state index in [1.54, 1.807) is 25.1 Å². The molecular weight excluding hydrogens is 484 g/mol. The molecular formula is C24H25ClF4N6. The van der Waals surface area contributed by atoms with Gasteiger partial charge in [0.2, 0.25) is 0 Å². The van der Waals surface area contributed by atoms with Crippen LogP contribution in [0.25, 0.3) is 5.69 Å². The van der Waals surface area contributed by atoms with E-state index in [4.69, 9.17) is 11.6 Å². The first-order valence-corrected chi connectivity index (χ1v) is 11.9. The molecule has 1 aromatic carbocycles. The minimum atomic E-state index is -4.36. The van der Waals surface area contributed by atoms with Gasteiger partial charge in [-0.25, -0.2) is 9.37 Å². The summed E-state index contributed by atoms with van der Waals surface area (Å²) in [6, 6.07) is 5.39. The van der Waals surface area contributed by atoms with Crippen molar-refractivity contribution in [2.75, 3.05) is 18.0 Å². The molecule has 1 fully saturated rings. The van der Waals surface area contributed by atoms with Crippen LogP contribution < -0.4 is 4.90 Å². The average Bonchev–Trinajstić information content (AvgIpc) is 3.15. The second-order valence-corrected chi connectivity index (χ2v) is 9.69. The van der Waals surface area contributed by atoms with E-state index in [1.165, 1.54) is 11.1 Å². The van der Waals surface area contributed by atoms with Gasteiger partial charge in [0, 0.05) is 30.6 Å². The Bertz CT molecular complexity index is 1240. The van der Waals surface area contributed by atoms with E-state index in [1.807, 2.05) is 10.6 Å². The molecule has 0 spiro atoms. The number of alkyl halides is 3. The summed E-state index contributed by atoms with van der Waals surface area (Å²) < 4.78 is 56.3. The van der Waals surface area contributed by atoms with Crippen molar-refractivity contribution < 1.29 is 17.6 Å². The minimum absolute atomic E-state index is 0.0254. The number of rotatable bonds is 3. The van der Waals surface area contributed by atoms with Crippen molar-refractivity contribution in [1.29, 1.82) is 0 Å². The summed E-state index contributed by atoms with van der Waals surface area (Å²) >= 11 is 6.22. The summed E-state index contributed by atoms with van der Waals surface area (Å²) in [5.41, 5.74) is 2.02. The third kappa shape index (κ3) is 4.61. The Morgan fingerprint density at radius 1 is 1.09 bits per heavy atom. The van der Waals surface area contributed by atoms with E-state index < -0.39 is 12.2 Å². The number of hydrogen-bond acceptors (Lipinski definition) is 5. The van der Waals surface area contributed by atoms with Gasteiger partial charge in [-0.1, -0.05) is 11.6 Å². The number of nitrogens with zero attached hydrogens (tertiary/aromatic N) is 6. The first kappa shape index (κ1) is 24.0. The molecule has 35 heavy (non-hydrogen) atoms. The van der Waals surface area contributed by atoms with Crippen LogP contribution in [0.3, 0.4) is 0 Å². The lowest BCUT2D eigenvalue weighted by atomic mass is 9.95. The molecule has 2 aromatic heterocycles. The van der Waals surface area contributed by atoms with Crippen LogP contribution >= 0.6 is 11.6 Å². The number of piperidine rings is 1. The number of halogens is 5. The molecule has 2 aliphatic heterocycles. The Hall–Kier alpha value is -2.72. The zero-order chi connectivity index (χ0) is 24.9. The molecule has 0 amide bonds. The third-order valence-electron chi connectivity index (χ3n) is 6.99. The second-order valence-electron chi connectivity index (χ2n) is 9.26. The predicted octanol–water partition coefficient (Wildman–Crippen LogP) is 5.41. The van der Waals surface area contributed by atoms with Gasteiger partial charge < -0.3 is 4.90 Å². The lowest BCUT2D eigenvalue weighted by molar-refractivity contribution is -0.182. The van der Waals surface area contributed by atoms with E-state index in [2.05, 4.69) is 20.1 Å². The third-order valence-corrected chi connectivity index (χ3v) is 7.23. The molecule has 0 aliphatic carbocycles. The molecule has 1 atom stereocenters. The Morgan fingerprint density at radius 2 is 1.83 bits per heavy atom. The summed E-state index contributed by atoms with van der Waals surface area (Å²) in [6.07, 6.45) is -1.59. The van der Waals surface area contributed by atoms with Gasteiger partial charge in [-0.3, -0.25) is 9.47 Å². The summed E-state index contributed by atoms with van der Waals surface area (Å²) in [5, 5.41) is 9.25. The zero-order valence-electron chi connectivity index (χ0n) is 19.4. The first-order chi connectivity index (χ1) is 16.6. The molecule has 1 unspecified atom stereocenters. The molecule has 186 valence electrons. The van der Waals surface area contributed by atoms with Crippen LogP contribution in [0.4, 0.5) is 23.4 Å². The fourth-order valence-corrected chi connectivity index (χ4v) is 5.05. The monoisotopic (exact) mass is 508 g/mol. The van der Waals surface area contributed by atoms with Crippen molar-refractivity contribution in [3.63, 3.8) is 0 Å². The van der Waals surface area contributed by atoms with Crippen LogP contribution in [0.1, 0.15) is 48.5 Å². The first-order valence-electron chi connectivity index (χ1n) is 11.5. The van der Waals surface area contributed by atoms with Crippen molar-refractivity contribution in [3.05, 3.63) is 64.1 Å². The highest BCUT2D eigenvalue weighted by Crippen LogP contribution is 2.36. The van der Waals surface area contributed by atoms with Crippen molar-refractivity contribution >= 4 is 17.4 Å². The second kappa shape index (κ2) is 9.05. The van der Waals surface area contributed by atoms with Gasteiger partial charge in [-0.05, 0) is 62.1 Å². The molecule has 6 nitrogen and oxygen atoms in total. The predicted molar refractivity (Wildman–Crippen MR) is 124 cm³/mol. The highest BCUT2D eigenvalue weighted by Gasteiger charge is 2.42. The fourth-order valence-electron chi connectivity index (χ4n) is 4.86. The van der Waals surface area contributed by atoms with Crippen LogP contribution in [-0.2, 0) is 13.1 Å². The number of benzene rings is 1. The minimum Gasteiger partial charge on any atom is -0.357 e. The standard InChI is InChI=1S/C24H25ClF4N6/c1-14-9-21(30-11-19(14)26)33-7-5-16(6-8-33)23-32-31-22-13-34(15(2)24(27,28)29)12-17-10-18(25)3-4-20(17)35(22)23/h3-4,9-11,15-16H,5-8,12-13H2,1-2H3. The van der Waals surface area contributed by atoms with Gasteiger partial charge in [-0.15, -0.1) is 10.2 Å². The number of hydrogen-bond donors (Lipinski definition) is 0. The van der Waals surface area contributed by atoms with Gasteiger partial charge in [0.05, 0.1) is 18.4 Å². The molecule has 1 saturated heterocycles. The van der Waals surface area contributed by atoms with Gasteiger partial charge in [0.25, 0.3) is 0 Å². The van der Waals surface area contributed by atoms with Gasteiger partial charge in [0.15, 0.2) is 5.82 Å². The van der Waals surface area contributed by atoms with Crippen LogP contribution in [-0.4, -0.2) is 50.0 Å². The number of fused-ring (bicyclic) bond motifs is 3. The van der Waals surface area contributed by atoms with Crippen molar-refractivity contribution in [2.24, 2.45) is 0 Å². The van der Waals surface area contributed by atoms with E-state index in [0.29, 0.717) is 35.1 Å². The fraction of sp³-hybridized carbons (Fsp3) is 0.458. The summed E-state index contributed by atoms with van der Waals surface area (Å²) in [6.45, 7) is 4.42. The van der Waals surface area contributed by atoms with Crippen molar-refractivity contribution in [2.45, 2.75) is 57.9 Å². The number of pyridine rings is 1. The molecule has 5 rings (SSSR count). The zero-order valence-corrected chi connectivity index (χ0v) is 20.1. The lowest BCUT2D eigenvalue weighted by Gasteiger charge is -2.32. The summed E-state index contributed by atoms with van der Waals surface area (Å²) in [5.74, 6) is 1.70. The highest BCUT2D eigenvalue weighted by molar-refractivity contribution is 6.30. The van der Waals surface area contributed by atoms with Crippen LogP contribution in [0.15, 0.2) is 30.5 Å². The van der Waals surface area contributed by atoms with Crippen LogP contribution in [0.5, 0.6) is 0 Å². The van der Waals surface area contributed by atoms with E-state index in [9.17, 15) is 17.6 Å². The van der Waals surface area contributed by atoms with E-state index in [-0.39, 0.29) is 24.8 Å². The van der Waals surface area contributed by atoms with Crippen LogP contribution in [0, 0.1) is 12.7 Å². The smallest absolute Gasteiger partial charge is 0.357 e. The molecule has 0 radical (unpaired) electrons. The largest absolute Gasteiger partial charge is 0.403 e. The number of aromatic nitrogens is 4. The Kier molecular flexibility index (Phi) is 6.21. The Labute approximate surface area is 205 Å². The van der Waals surface area contributed by atoms with Gasteiger partial charge in [-0.2, -0.15) is 13.2 Å². The quantitative estimate of drug-likeness (QED) is 0.443. The molecule has 3 aromatic rings. The average molecular weight is 509 g/mol. The Balaban J connectivity index is 1.44. The highest BCUT2D eigenvalue weighted by atomic mass is 35.5. The molecule has 0 N–H and O–H groups in total. The molecule has 11 heteroatoms. The topological polar surface area (TPSA) is 50.1 Å². The molecule has 0 bridgehead atoms. The SMILES string of the molecule is Cc1cc(N2CCC(c3nnc4n3-c3ccc(Cl)cc3CN(C(C)C(F)(F)F)C4)CC2)ncc1F. The van der Waals surface area contributed by atoms with Gasteiger partial charge in [0.1, 0.15) is 23.5 Å². The number of anilines is 1. The van der Waals surface area contributed by atoms with E-state index in [0.717, 1.165) is 37.1 Å². The summed E-state index contributed by atoms with van der Waals surface area (Å²) in [7, 11) is 0. The molecule has 4 heterocycles. The normalized spacial score (nSPS) is 18.2. The maximum atomic E-state index is 13.6. The van der Waals surface area contributed by atoms with Crippen molar-refractivity contribution in [1.82, 2.24) is 24.6 Å². The van der Waals surface area contributed by atoms with Gasteiger partial charge >= 0.3 is 6.18 Å². The maximum absolute atomic E-state index is 13.6. The van der Waals surface area contributed by atoms with Crippen LogP contribution in [0.2, 0.25) is 5.02 Å². The molecule has 2 aliphatic rings. The molecule has 0 saturated carbocycles. The lowest BCUT2D eigenvalue weighted by Crippen LogP contribution is -2.42.